The molecule has 15 N–H and O–H groups in total. The highest BCUT2D eigenvalue weighted by atomic mass is 35.5. The number of aliphatic hydroxyl groups is 4. The minimum atomic E-state index is -5.22. The van der Waals surface area contributed by atoms with Crippen molar-refractivity contribution in [2.45, 2.75) is 46.6 Å². The maximum absolute atomic E-state index is 11.8. The number of amides is 1. The van der Waals surface area contributed by atoms with Crippen LogP contribution in [0.25, 0.3) is 0 Å². The zero-order valence-electron chi connectivity index (χ0n) is 32.1. The van der Waals surface area contributed by atoms with E-state index in [1.165, 1.54) is 48.1 Å². The van der Waals surface area contributed by atoms with Gasteiger partial charge in [0.05, 0.1) is 13.2 Å². The smallest absolute Gasteiger partial charge is 0.393 e. The molecule has 41 heteroatoms. The van der Waals surface area contributed by atoms with Crippen molar-refractivity contribution >= 4 is 106 Å². The third-order valence-electron chi connectivity index (χ3n) is 7.38. The quantitative estimate of drug-likeness (QED) is 0.0695. The van der Waals surface area contributed by atoms with Gasteiger partial charge in [0.2, 0.25) is 0 Å². The van der Waals surface area contributed by atoms with Crippen LogP contribution in [-0.2, 0) is 58.9 Å². The largest absolute Gasteiger partial charge is 0.705 e. The Morgan fingerprint density at radius 3 is 1.61 bits per heavy atom. The van der Waals surface area contributed by atoms with Gasteiger partial charge >= 0.3 is 53.5 Å². The summed E-state index contributed by atoms with van der Waals surface area (Å²) in [5.74, 6) is 0.877. The van der Waals surface area contributed by atoms with E-state index in [4.69, 9.17) is 77.6 Å². The minimum Gasteiger partial charge on any atom is -0.393 e. The molecule has 31 nitrogen and oxygen atoms in total. The molecule has 1 aromatic heterocycles. The Bertz CT molecular complexity index is 2050. The molecule has 2 saturated heterocycles. The number of aromatic nitrogens is 2. The molecule has 1 amide bonds. The second-order valence-electron chi connectivity index (χ2n) is 12.0. The van der Waals surface area contributed by atoms with Gasteiger partial charge in [-0.15, -0.1) is 33.0 Å². The zero-order valence-corrected chi connectivity index (χ0v) is 40.6. The van der Waals surface area contributed by atoms with Crippen molar-refractivity contribution in [3.8, 4) is 0 Å². The number of hydrogen-bond acceptors (Lipinski definition) is 23. The first-order chi connectivity index (χ1) is 29.1. The third-order valence-corrected chi connectivity index (χ3v) is 16.0. The Balaban J connectivity index is 0.000000441. The highest BCUT2D eigenvalue weighted by Crippen LogP contribution is 2.62. The van der Waals surface area contributed by atoms with E-state index in [-0.39, 0.29) is 18.3 Å². The number of nitrogens with zero attached hydrogens (tertiary/aromatic N) is 3. The Kier molecular flexibility index (Phi) is 24.5. The molecule has 3 aliphatic rings. The lowest BCUT2D eigenvalue weighted by Gasteiger charge is -2.34. The van der Waals surface area contributed by atoms with Gasteiger partial charge in [-0.3, -0.25) is 19.1 Å². The van der Waals surface area contributed by atoms with Crippen LogP contribution < -0.4 is 16.7 Å². The number of ether oxygens (including phenoxy) is 2. The summed E-state index contributed by atoms with van der Waals surface area (Å²) in [6.07, 6.45) is 4.15. The normalized spacial score (nSPS) is 29.1. The number of nitrogens with one attached hydrogen (secondary N) is 1. The summed E-state index contributed by atoms with van der Waals surface area (Å²) in [5.41, 5.74) is 2.49. The molecule has 0 saturated carbocycles. The van der Waals surface area contributed by atoms with Crippen molar-refractivity contribution in [3.05, 3.63) is 47.4 Å². The van der Waals surface area contributed by atoms with E-state index in [1.807, 2.05) is 12.5 Å². The molecular formula is C23H41Cl2N5O26P6S2+2. The molecule has 0 bridgehead atoms. The first-order valence-electron chi connectivity index (χ1n) is 16.1. The van der Waals surface area contributed by atoms with Crippen LogP contribution in [0.4, 0.5) is 5.82 Å². The fourth-order valence-corrected chi connectivity index (χ4v) is 11.7. The van der Waals surface area contributed by atoms with E-state index >= 15 is 0 Å². The van der Waals surface area contributed by atoms with E-state index in [9.17, 15) is 57.4 Å². The monoisotopic (exact) mass is 1120 g/mol. The van der Waals surface area contributed by atoms with Crippen molar-refractivity contribution < 1.29 is 118 Å². The molecule has 12 atom stereocenters. The Morgan fingerprint density at radius 1 is 0.859 bits per heavy atom. The van der Waals surface area contributed by atoms with Crippen LogP contribution in [0, 0.1) is 0 Å². The fourth-order valence-electron chi connectivity index (χ4n) is 4.96. The van der Waals surface area contributed by atoms with Gasteiger partial charge in [0.1, 0.15) is 45.8 Å². The predicted octanol–water partition coefficient (Wildman–Crippen LogP) is -1.04. The number of carbonyl (C=O) groups excluding carboxylic acids is 1. The molecule has 0 aromatic carbocycles. The van der Waals surface area contributed by atoms with Crippen LogP contribution in [0.1, 0.15) is 6.23 Å². The number of aliphatic hydroxyl groups excluding tert-OH is 4. The molecule has 4 rings (SSSR count). The lowest BCUT2D eigenvalue weighted by Crippen LogP contribution is -2.47. The number of thioether (sulfide) groups is 2. The van der Waals surface area contributed by atoms with Crippen LogP contribution in [0.5, 0.6) is 0 Å². The van der Waals surface area contributed by atoms with E-state index in [0.29, 0.717) is 17.3 Å². The van der Waals surface area contributed by atoms with Gasteiger partial charge in [-0.05, 0) is 27.2 Å². The second kappa shape index (κ2) is 25.6. The van der Waals surface area contributed by atoms with Gasteiger partial charge < -0.3 is 65.4 Å². The van der Waals surface area contributed by atoms with Crippen molar-refractivity contribution in [2.75, 3.05) is 43.0 Å². The number of carbonyl (C=O) groups is 1. The summed E-state index contributed by atoms with van der Waals surface area (Å²) in [6.45, 7) is 2.99. The highest BCUT2D eigenvalue weighted by molar-refractivity contribution is 7.98. The molecule has 3 aliphatic heterocycles. The summed E-state index contributed by atoms with van der Waals surface area (Å²) < 4.78 is 85.5. The third kappa shape index (κ3) is 19.2. The average Bonchev–Trinajstić information content (AvgIpc) is 3.50. The Morgan fingerprint density at radius 2 is 1.27 bits per heavy atom. The van der Waals surface area contributed by atoms with Crippen LogP contribution in [-0.4, -0.2) is 158 Å². The van der Waals surface area contributed by atoms with E-state index in [1.54, 1.807) is 4.90 Å². The van der Waals surface area contributed by atoms with Gasteiger partial charge in [0, 0.05) is 39.1 Å². The molecule has 368 valence electrons. The van der Waals surface area contributed by atoms with Crippen molar-refractivity contribution in [2.24, 2.45) is 0 Å². The van der Waals surface area contributed by atoms with Crippen molar-refractivity contribution in [1.82, 2.24) is 19.8 Å². The summed E-state index contributed by atoms with van der Waals surface area (Å²) in [7, 11) is -27.7. The van der Waals surface area contributed by atoms with E-state index in [2.05, 4.69) is 34.1 Å². The topological polar surface area (TPSA) is 494 Å². The van der Waals surface area contributed by atoms with Crippen molar-refractivity contribution in [1.29, 1.82) is 0 Å². The van der Waals surface area contributed by atoms with Gasteiger partial charge in [-0.2, -0.15) is 37.1 Å². The van der Waals surface area contributed by atoms with Gasteiger partial charge in [-0.1, -0.05) is 6.58 Å². The minimum absolute atomic E-state index is 0.0912. The predicted molar refractivity (Wildman–Crippen MR) is 222 cm³/mol. The summed E-state index contributed by atoms with van der Waals surface area (Å²) in [6, 6.07) is 1.44. The first kappa shape index (κ1) is 61.1. The van der Waals surface area contributed by atoms with Crippen LogP contribution >= 0.6 is 94.5 Å². The summed E-state index contributed by atoms with van der Waals surface area (Å²) >= 11 is 15.2. The number of hydrogen-bond donors (Lipinski definition) is 14. The fraction of sp³-hybridized carbons (Fsp3) is 0.609. The molecule has 0 aliphatic carbocycles. The average molecular weight is 1120 g/mol. The number of rotatable bonds is 16. The first-order valence-corrected chi connectivity index (χ1v) is 28.0. The molecule has 4 unspecified atom stereocenters. The van der Waals surface area contributed by atoms with Gasteiger partial charge in [0.25, 0.3) is 5.91 Å². The molecule has 2 fully saturated rings. The SMILES string of the molecule is C=C1NC(=O)C=CN1[C@@H]1O[C@@](CO)(CSC)[C@@H](O)[C@H]1Cl.CSC[C@]1(CO)O[C@@H](n2ccc(N)nc2=O)[C@H](Cl)[C@@H]1O.O=[P+](O)OP(=O)(O)OP(=O)(O)O.O=[P+](O)OP(=O)(O)OP(=O)(O)O. The highest BCUT2D eigenvalue weighted by Gasteiger charge is 2.56. The molecule has 0 radical (unpaired) electrons. The van der Waals surface area contributed by atoms with E-state index < -0.39 is 107 Å². The van der Waals surface area contributed by atoms with Gasteiger partial charge in [-0.25, -0.2) is 23.1 Å². The van der Waals surface area contributed by atoms with E-state index in [0.717, 1.165) is 4.57 Å². The number of anilines is 1. The number of alkyl halides is 2. The number of nitrogens with two attached hydrogens (primary N) is 1. The number of nitrogen functional groups attached to an aromatic ring is 1. The molecule has 4 heterocycles. The summed E-state index contributed by atoms with van der Waals surface area (Å²) in [4.78, 5) is 92.4. The maximum atomic E-state index is 11.8. The summed E-state index contributed by atoms with van der Waals surface area (Å²) in [5, 5.41) is 40.5. The Labute approximate surface area is 380 Å². The standard InChI is InChI=1S/C12H17ClN2O4S.C11H16ClN3O4S.2H3O9P3/c1-7-14-8(17)3-4-15(7)11-9(13)10(18)12(5-16,19-11)6-20-2;1-20-5-11(4-16)8(17)7(12)9(19-11)15-3-2-6(13)14-10(15)18;2*1-10(2)8-12(6,7)9-11(3,4)5/h3-4,9-11,16,18H,1,5-6H2,2H3,(H,14,17);2-3,7-9,16-17H,4-5H2,1H3,(H2,13,14,18);2*(H3-,1,2,3,4,5,6,7)/p+2/t9-,10+,11-,12+;7-,8+,9-,11+;;/m11../s1. The molecule has 64 heavy (non-hydrogen) atoms. The molecule has 0 spiro atoms. The molecule has 1 aromatic rings. The maximum Gasteiger partial charge on any atom is 0.705 e. The number of phosphoric acid groups is 4. The number of halogens is 2. The van der Waals surface area contributed by atoms with Crippen LogP contribution in [0.15, 0.2) is 41.7 Å². The zero-order chi connectivity index (χ0) is 49.8. The van der Waals surface area contributed by atoms with Crippen LogP contribution in [0.3, 0.4) is 0 Å². The molecular weight excluding hydrogens is 1080 g/mol. The van der Waals surface area contributed by atoms with Crippen molar-refractivity contribution in [3.63, 3.8) is 0 Å². The lowest BCUT2D eigenvalue weighted by molar-refractivity contribution is -0.125. The van der Waals surface area contributed by atoms with Gasteiger partial charge in [0.15, 0.2) is 12.5 Å². The van der Waals surface area contributed by atoms with Crippen LogP contribution in [0.2, 0.25) is 0 Å². The Hall–Kier alpha value is -0.890. The lowest BCUT2D eigenvalue weighted by atomic mass is 10.00. The second-order valence-corrected chi connectivity index (χ2v) is 22.2.